The number of nitrogens with zero attached hydrogens (tertiary/aromatic N) is 7. The highest BCUT2D eigenvalue weighted by Crippen LogP contribution is 2.32. The van der Waals surface area contributed by atoms with Gasteiger partial charge in [0.15, 0.2) is 11.5 Å². The van der Waals surface area contributed by atoms with Crippen molar-refractivity contribution in [1.82, 2.24) is 24.7 Å². The van der Waals surface area contributed by atoms with Crippen LogP contribution >= 0.6 is 0 Å². The lowest BCUT2D eigenvalue weighted by Crippen LogP contribution is -1.99. The maximum Gasteiger partial charge on any atom is 0.188 e. The first-order chi connectivity index (χ1) is 14.2. The molecule has 0 spiro atoms. The molecule has 0 radical (unpaired) electrons. The van der Waals surface area contributed by atoms with Crippen LogP contribution in [0.5, 0.6) is 5.75 Å². The van der Waals surface area contributed by atoms with Gasteiger partial charge in [0.1, 0.15) is 12.1 Å². The minimum atomic E-state index is 0.171. The fourth-order valence-corrected chi connectivity index (χ4v) is 3.04. The van der Waals surface area contributed by atoms with Crippen LogP contribution < -0.4 is 4.74 Å². The third kappa shape index (κ3) is 3.82. The highest BCUT2D eigenvalue weighted by Gasteiger charge is 2.20. The molecule has 0 unspecified atom stereocenters. The van der Waals surface area contributed by atoms with E-state index in [1.165, 1.54) is 6.33 Å². The monoisotopic (exact) mass is 387 g/mol. The van der Waals surface area contributed by atoms with Crippen molar-refractivity contribution in [2.45, 2.75) is 26.3 Å². The van der Waals surface area contributed by atoms with Crippen LogP contribution in [0, 0.1) is 0 Å². The van der Waals surface area contributed by atoms with Crippen LogP contribution in [0.1, 0.15) is 31.0 Å². The molecular weight excluding hydrogens is 366 g/mol. The second-order valence-corrected chi connectivity index (χ2v) is 6.80. The first-order valence-corrected chi connectivity index (χ1v) is 9.32. The molecule has 0 aliphatic rings. The molecule has 8 nitrogen and oxygen atoms in total. The summed E-state index contributed by atoms with van der Waals surface area (Å²) in [7, 11) is 1.64. The third-order valence-corrected chi connectivity index (χ3v) is 4.48. The molecule has 0 aliphatic heterocycles. The van der Waals surface area contributed by atoms with Gasteiger partial charge in [0, 0.05) is 18.5 Å². The average Bonchev–Trinajstić information content (AvgIpc) is 3.15. The number of benzene rings is 1. The molecule has 3 aromatic heterocycles. The van der Waals surface area contributed by atoms with Gasteiger partial charge in [0.05, 0.1) is 30.4 Å². The van der Waals surface area contributed by atoms with Crippen molar-refractivity contribution in [2.75, 3.05) is 7.11 Å². The van der Waals surface area contributed by atoms with Crippen LogP contribution in [-0.4, -0.2) is 31.8 Å². The van der Waals surface area contributed by atoms with E-state index < -0.39 is 0 Å². The van der Waals surface area contributed by atoms with E-state index in [9.17, 15) is 0 Å². The number of rotatable bonds is 6. The molecule has 0 saturated heterocycles. The van der Waals surface area contributed by atoms with Gasteiger partial charge in [-0.1, -0.05) is 19.9 Å². The van der Waals surface area contributed by atoms with Crippen molar-refractivity contribution in [3.63, 3.8) is 0 Å². The Kier molecular flexibility index (Phi) is 5.24. The van der Waals surface area contributed by atoms with Crippen molar-refractivity contribution in [2.24, 2.45) is 10.2 Å². The van der Waals surface area contributed by atoms with Gasteiger partial charge < -0.3 is 4.74 Å². The van der Waals surface area contributed by atoms with E-state index in [1.54, 1.807) is 24.2 Å². The third-order valence-electron chi connectivity index (χ3n) is 4.48. The number of azo groups is 1. The number of hydrogen-bond donors (Lipinski definition) is 0. The zero-order chi connectivity index (χ0) is 20.2. The van der Waals surface area contributed by atoms with Crippen LogP contribution in [-0.2, 0) is 6.54 Å². The first kappa shape index (κ1) is 18.7. The minimum Gasteiger partial charge on any atom is -0.497 e. The number of methoxy groups -OCH3 is 1. The Morgan fingerprint density at radius 2 is 1.93 bits per heavy atom. The molecule has 146 valence electrons. The van der Waals surface area contributed by atoms with Crippen LogP contribution in [0.3, 0.4) is 0 Å². The fourth-order valence-electron chi connectivity index (χ4n) is 3.04. The first-order valence-electron chi connectivity index (χ1n) is 9.32. The lowest BCUT2D eigenvalue weighted by atomic mass is 10.1. The Morgan fingerprint density at radius 3 is 2.69 bits per heavy atom. The summed E-state index contributed by atoms with van der Waals surface area (Å²) in [6, 6.07) is 11.5. The summed E-state index contributed by atoms with van der Waals surface area (Å²) in [4.78, 5) is 12.9. The number of ether oxygens (including phenoxy) is 1. The summed E-state index contributed by atoms with van der Waals surface area (Å²) in [6.07, 6.45) is 4.97. The minimum absolute atomic E-state index is 0.171. The van der Waals surface area contributed by atoms with E-state index in [2.05, 4.69) is 39.0 Å². The maximum absolute atomic E-state index is 5.35. The lowest BCUT2D eigenvalue weighted by Gasteiger charge is -2.05. The van der Waals surface area contributed by atoms with Crippen LogP contribution in [0.15, 0.2) is 65.3 Å². The highest BCUT2D eigenvalue weighted by molar-refractivity contribution is 5.89. The molecule has 0 fully saturated rings. The molecule has 4 aromatic rings. The predicted molar refractivity (Wildman–Crippen MR) is 110 cm³/mol. The molecule has 0 amide bonds. The van der Waals surface area contributed by atoms with Gasteiger partial charge in [-0.2, -0.15) is 10.2 Å². The van der Waals surface area contributed by atoms with Gasteiger partial charge in [-0.3, -0.25) is 4.98 Å². The molecular formula is C21H21N7O. The number of pyridine rings is 1. The molecule has 8 heteroatoms. The van der Waals surface area contributed by atoms with Gasteiger partial charge in [-0.15, -0.1) is 5.11 Å². The van der Waals surface area contributed by atoms with Crippen molar-refractivity contribution in [1.29, 1.82) is 0 Å². The van der Waals surface area contributed by atoms with Crippen LogP contribution in [0.25, 0.3) is 16.7 Å². The van der Waals surface area contributed by atoms with E-state index in [1.807, 2.05) is 36.4 Å². The van der Waals surface area contributed by atoms with Gasteiger partial charge in [-0.05, 0) is 35.7 Å². The fraction of sp³-hybridized carbons (Fsp3) is 0.238. The van der Waals surface area contributed by atoms with Crippen LogP contribution in [0.2, 0.25) is 0 Å². The van der Waals surface area contributed by atoms with Crippen molar-refractivity contribution >= 4 is 16.9 Å². The molecule has 1 aromatic carbocycles. The van der Waals surface area contributed by atoms with E-state index in [0.717, 1.165) is 28.1 Å². The van der Waals surface area contributed by atoms with Crippen molar-refractivity contribution in [3.8, 4) is 11.4 Å². The van der Waals surface area contributed by atoms with Gasteiger partial charge in [0.2, 0.25) is 0 Å². The molecule has 0 bridgehead atoms. The quantitative estimate of drug-likeness (QED) is 0.450. The maximum atomic E-state index is 5.35. The Bertz CT molecular complexity index is 1150. The summed E-state index contributed by atoms with van der Waals surface area (Å²) in [5.74, 6) is 1.44. The topological polar surface area (TPSA) is 90.4 Å². The van der Waals surface area contributed by atoms with Crippen molar-refractivity contribution in [3.05, 3.63) is 66.4 Å². The van der Waals surface area contributed by atoms with E-state index in [4.69, 9.17) is 9.84 Å². The number of aromatic nitrogens is 5. The summed E-state index contributed by atoms with van der Waals surface area (Å²) in [6.45, 7) is 4.63. The second kappa shape index (κ2) is 8.14. The zero-order valence-electron chi connectivity index (χ0n) is 16.5. The normalized spacial score (nSPS) is 11.6. The molecule has 0 atom stereocenters. The zero-order valence-corrected chi connectivity index (χ0v) is 16.5. The molecule has 0 saturated carbocycles. The molecule has 3 heterocycles. The molecule has 0 N–H and O–H groups in total. The standard InChI is InChI=1S/C21H21N7O/c1-14(2)19-18-20(26-25-12-15-7-9-22-10-8-15)23-13-24-21(18)28(27-19)16-5-4-6-17(11-16)29-3/h4-11,13-14H,12H2,1-3H3. The van der Waals surface area contributed by atoms with Crippen LogP contribution in [0.4, 0.5) is 5.82 Å². The summed E-state index contributed by atoms with van der Waals surface area (Å²) in [5.41, 5.74) is 3.46. The Balaban J connectivity index is 1.79. The Morgan fingerprint density at radius 1 is 1.10 bits per heavy atom. The van der Waals surface area contributed by atoms with E-state index >= 15 is 0 Å². The smallest absolute Gasteiger partial charge is 0.188 e. The summed E-state index contributed by atoms with van der Waals surface area (Å²) >= 11 is 0. The average molecular weight is 387 g/mol. The Hall–Kier alpha value is -3.68. The van der Waals surface area contributed by atoms with E-state index in [-0.39, 0.29) is 5.92 Å². The lowest BCUT2D eigenvalue weighted by molar-refractivity contribution is 0.414. The summed E-state index contributed by atoms with van der Waals surface area (Å²) < 4.78 is 7.15. The van der Waals surface area contributed by atoms with Gasteiger partial charge in [0.25, 0.3) is 0 Å². The Labute approximate surface area is 168 Å². The predicted octanol–water partition coefficient (Wildman–Crippen LogP) is 4.63. The summed E-state index contributed by atoms with van der Waals surface area (Å²) in [5, 5.41) is 14.3. The van der Waals surface area contributed by atoms with E-state index in [0.29, 0.717) is 18.0 Å². The second-order valence-electron chi connectivity index (χ2n) is 6.80. The molecule has 4 rings (SSSR count). The van der Waals surface area contributed by atoms with Gasteiger partial charge in [-0.25, -0.2) is 14.6 Å². The van der Waals surface area contributed by atoms with Gasteiger partial charge >= 0.3 is 0 Å². The molecule has 0 aliphatic carbocycles. The van der Waals surface area contributed by atoms with Crippen molar-refractivity contribution < 1.29 is 4.74 Å². The highest BCUT2D eigenvalue weighted by atomic mass is 16.5. The molecule has 29 heavy (non-hydrogen) atoms. The largest absolute Gasteiger partial charge is 0.497 e. The SMILES string of the molecule is COc1cccc(-n2nc(C(C)C)c3c(N=NCc4ccncc4)ncnc32)c1. The number of hydrogen-bond acceptors (Lipinski definition) is 7. The number of fused-ring (bicyclic) bond motifs is 1.